The molecule has 0 aromatic heterocycles. The number of allylic oxidation sites excluding steroid dienone is 4. The molecule has 1 aromatic rings. The zero-order chi connectivity index (χ0) is 10.2. The molecule has 0 aliphatic heterocycles. The van der Waals surface area contributed by atoms with Crippen LogP contribution < -0.4 is 0 Å². The highest BCUT2D eigenvalue weighted by Crippen LogP contribution is 2.08. The van der Waals surface area contributed by atoms with Gasteiger partial charge in [-0.3, -0.25) is 0 Å². The SMILES string of the molecule is CC1=CC=CCC1.Sc1ccccc1. The van der Waals surface area contributed by atoms with E-state index < -0.39 is 0 Å². The number of thiol groups is 1. The third-order valence-electron chi connectivity index (χ3n) is 1.98. The van der Waals surface area contributed by atoms with Gasteiger partial charge in [-0.05, 0) is 31.9 Å². The fourth-order valence-electron chi connectivity index (χ4n) is 1.15. The maximum Gasteiger partial charge on any atom is 0.00399 e. The molecule has 0 spiro atoms. The van der Waals surface area contributed by atoms with Crippen molar-refractivity contribution in [2.24, 2.45) is 0 Å². The minimum absolute atomic E-state index is 1.02. The topological polar surface area (TPSA) is 0 Å². The van der Waals surface area contributed by atoms with E-state index in [1.165, 1.54) is 18.4 Å². The zero-order valence-corrected chi connectivity index (χ0v) is 9.37. The Labute approximate surface area is 91.8 Å². The second kappa shape index (κ2) is 6.50. The summed E-state index contributed by atoms with van der Waals surface area (Å²) in [5.41, 5.74) is 1.50. The molecule has 0 N–H and O–H groups in total. The molecule has 0 unspecified atom stereocenters. The van der Waals surface area contributed by atoms with Crippen LogP contribution in [0.5, 0.6) is 0 Å². The van der Waals surface area contributed by atoms with Crippen molar-refractivity contribution in [1.82, 2.24) is 0 Å². The van der Waals surface area contributed by atoms with Crippen LogP contribution in [0.1, 0.15) is 19.8 Å². The number of benzene rings is 1. The molecule has 1 aliphatic carbocycles. The minimum Gasteiger partial charge on any atom is -0.143 e. The standard InChI is InChI=1S/C7H10.C6H6S/c1-7-5-3-2-4-6-7;7-6-4-2-1-3-5-6/h2-3,5H,4,6H2,1H3;1-5,7H. The lowest BCUT2D eigenvalue weighted by Gasteiger charge is -1.98. The third-order valence-corrected chi connectivity index (χ3v) is 2.28. The maximum absolute atomic E-state index is 4.08. The van der Waals surface area contributed by atoms with E-state index in [1.54, 1.807) is 0 Å². The van der Waals surface area contributed by atoms with Gasteiger partial charge in [0.15, 0.2) is 0 Å². The van der Waals surface area contributed by atoms with Gasteiger partial charge < -0.3 is 0 Å². The van der Waals surface area contributed by atoms with E-state index in [2.05, 4.69) is 37.8 Å². The molecule has 1 heteroatoms. The molecular formula is C13H16S. The molecule has 1 aromatic carbocycles. The summed E-state index contributed by atoms with van der Waals surface area (Å²) in [6.45, 7) is 2.17. The first kappa shape index (κ1) is 11.1. The molecule has 2 rings (SSSR count). The van der Waals surface area contributed by atoms with Crippen molar-refractivity contribution in [3.05, 3.63) is 54.1 Å². The molecule has 0 saturated carbocycles. The molecule has 0 amide bonds. The zero-order valence-electron chi connectivity index (χ0n) is 8.48. The van der Waals surface area contributed by atoms with Crippen molar-refractivity contribution in [3.8, 4) is 0 Å². The first-order chi connectivity index (χ1) is 6.79. The summed E-state index contributed by atoms with van der Waals surface area (Å²) >= 11 is 4.08. The Hall–Kier alpha value is -0.950. The van der Waals surface area contributed by atoms with E-state index in [4.69, 9.17) is 0 Å². The molecule has 0 saturated heterocycles. The van der Waals surface area contributed by atoms with Gasteiger partial charge in [-0.2, -0.15) is 0 Å². The van der Waals surface area contributed by atoms with E-state index in [-0.39, 0.29) is 0 Å². The molecule has 0 heterocycles. The Kier molecular flexibility index (Phi) is 5.16. The summed E-state index contributed by atoms with van der Waals surface area (Å²) in [6.07, 6.45) is 8.99. The summed E-state index contributed by atoms with van der Waals surface area (Å²) < 4.78 is 0. The summed E-state index contributed by atoms with van der Waals surface area (Å²) in [6, 6.07) is 9.79. The van der Waals surface area contributed by atoms with Crippen LogP contribution in [-0.4, -0.2) is 0 Å². The van der Waals surface area contributed by atoms with Gasteiger partial charge in [0.1, 0.15) is 0 Å². The van der Waals surface area contributed by atoms with Crippen LogP contribution in [0.25, 0.3) is 0 Å². The highest BCUT2D eigenvalue weighted by molar-refractivity contribution is 7.80. The predicted octanol–water partition coefficient (Wildman–Crippen LogP) is 4.26. The minimum atomic E-state index is 1.02. The monoisotopic (exact) mass is 204 g/mol. The summed E-state index contributed by atoms with van der Waals surface area (Å²) in [7, 11) is 0. The van der Waals surface area contributed by atoms with Gasteiger partial charge in [-0.1, -0.05) is 42.0 Å². The van der Waals surface area contributed by atoms with Crippen molar-refractivity contribution < 1.29 is 0 Å². The Bertz CT molecular complexity index is 309. The number of hydrogen-bond donors (Lipinski definition) is 1. The van der Waals surface area contributed by atoms with Gasteiger partial charge >= 0.3 is 0 Å². The van der Waals surface area contributed by atoms with Crippen molar-refractivity contribution in [3.63, 3.8) is 0 Å². The molecule has 1 aliphatic rings. The predicted molar refractivity (Wildman–Crippen MR) is 65.8 cm³/mol. The van der Waals surface area contributed by atoms with Crippen molar-refractivity contribution in [2.75, 3.05) is 0 Å². The molecule has 0 nitrogen and oxygen atoms in total. The molecule has 74 valence electrons. The van der Waals surface area contributed by atoms with Gasteiger partial charge in [0.05, 0.1) is 0 Å². The van der Waals surface area contributed by atoms with Gasteiger partial charge in [-0.15, -0.1) is 12.6 Å². The molecule has 0 bridgehead atoms. The normalized spacial score (nSPS) is 14.0. The van der Waals surface area contributed by atoms with Crippen LogP contribution in [0.2, 0.25) is 0 Å². The van der Waals surface area contributed by atoms with E-state index in [9.17, 15) is 0 Å². The first-order valence-electron chi connectivity index (χ1n) is 4.85. The highest BCUT2D eigenvalue weighted by Gasteiger charge is 1.88. The van der Waals surface area contributed by atoms with Crippen molar-refractivity contribution >= 4 is 12.6 Å². The largest absolute Gasteiger partial charge is 0.143 e. The summed E-state index contributed by atoms with van der Waals surface area (Å²) in [5.74, 6) is 0. The van der Waals surface area contributed by atoms with Gasteiger partial charge in [-0.25, -0.2) is 0 Å². The first-order valence-corrected chi connectivity index (χ1v) is 5.30. The van der Waals surface area contributed by atoms with E-state index >= 15 is 0 Å². The molecule has 0 fully saturated rings. The van der Waals surface area contributed by atoms with Gasteiger partial charge in [0, 0.05) is 4.90 Å². The van der Waals surface area contributed by atoms with E-state index in [1.807, 2.05) is 30.3 Å². The van der Waals surface area contributed by atoms with Crippen LogP contribution in [0.3, 0.4) is 0 Å². The quantitative estimate of drug-likeness (QED) is 0.600. The maximum atomic E-state index is 4.08. The van der Waals surface area contributed by atoms with Crippen LogP contribution in [0.4, 0.5) is 0 Å². The number of rotatable bonds is 0. The lowest BCUT2D eigenvalue weighted by atomic mass is 10.1. The Balaban J connectivity index is 0.000000140. The third kappa shape index (κ3) is 4.93. The van der Waals surface area contributed by atoms with Crippen LogP contribution in [-0.2, 0) is 0 Å². The van der Waals surface area contributed by atoms with Gasteiger partial charge in [0.2, 0.25) is 0 Å². The highest BCUT2D eigenvalue weighted by atomic mass is 32.1. The Morgan fingerprint density at radius 3 is 2.14 bits per heavy atom. The Morgan fingerprint density at radius 2 is 1.86 bits per heavy atom. The Morgan fingerprint density at radius 1 is 1.14 bits per heavy atom. The van der Waals surface area contributed by atoms with Crippen LogP contribution >= 0.6 is 12.6 Å². The molecule has 0 radical (unpaired) electrons. The average molecular weight is 204 g/mol. The second-order valence-corrected chi connectivity index (χ2v) is 3.83. The van der Waals surface area contributed by atoms with Gasteiger partial charge in [0.25, 0.3) is 0 Å². The fourth-order valence-corrected chi connectivity index (χ4v) is 1.32. The van der Waals surface area contributed by atoms with E-state index in [0.29, 0.717) is 0 Å². The van der Waals surface area contributed by atoms with Crippen LogP contribution in [0, 0.1) is 0 Å². The molecule has 14 heavy (non-hydrogen) atoms. The fraction of sp³-hybridized carbons (Fsp3) is 0.231. The molecular weight excluding hydrogens is 188 g/mol. The number of hydrogen-bond acceptors (Lipinski definition) is 1. The second-order valence-electron chi connectivity index (χ2n) is 3.32. The smallest absolute Gasteiger partial charge is 0.00399 e. The lowest BCUT2D eigenvalue weighted by Crippen LogP contribution is -1.78. The average Bonchev–Trinajstić information content (AvgIpc) is 2.21. The summed E-state index contributed by atoms with van der Waals surface area (Å²) in [4.78, 5) is 1.02. The van der Waals surface area contributed by atoms with Crippen molar-refractivity contribution in [1.29, 1.82) is 0 Å². The lowest BCUT2D eigenvalue weighted by molar-refractivity contribution is 0.962. The molecule has 0 atom stereocenters. The van der Waals surface area contributed by atoms with Crippen molar-refractivity contribution in [2.45, 2.75) is 24.7 Å². The summed E-state index contributed by atoms with van der Waals surface area (Å²) in [5, 5.41) is 0. The van der Waals surface area contributed by atoms with E-state index in [0.717, 1.165) is 4.90 Å². The van der Waals surface area contributed by atoms with Crippen LogP contribution in [0.15, 0.2) is 59.0 Å².